The lowest BCUT2D eigenvalue weighted by molar-refractivity contribution is 0.487. The Labute approximate surface area is 170 Å². The lowest BCUT2D eigenvalue weighted by Crippen LogP contribution is -2.41. The van der Waals surface area contributed by atoms with Crippen LogP contribution in [0.15, 0.2) is 29.3 Å². The second kappa shape index (κ2) is 8.12. The van der Waals surface area contributed by atoms with Crippen LogP contribution in [0, 0.1) is 24.1 Å². The standard InChI is InChI=1S/C19H24FN6PS/c1-5-25(6-2)27(28)17-14(3)23-26(13-7-12-21)19(17)22-18(24(27)4)15-8-10-16(20)11-9-15/h8-11H,5-7,13H2,1-4H3. The SMILES string of the molecule is CCN(CC)P1(=S)c2c(C)nn(CCC#N)c2N=C(c2ccc(F)cc2)N1C. The van der Waals surface area contributed by atoms with Crippen molar-refractivity contribution in [3.8, 4) is 6.07 Å². The molecular formula is C19H24FN6PS. The number of aromatic nitrogens is 2. The van der Waals surface area contributed by atoms with E-state index in [1.54, 1.807) is 16.8 Å². The molecule has 1 atom stereocenters. The number of nitrogens with zero attached hydrogens (tertiary/aromatic N) is 6. The number of amidine groups is 1. The Morgan fingerprint density at radius 3 is 2.46 bits per heavy atom. The summed E-state index contributed by atoms with van der Waals surface area (Å²) in [7, 11) is 1.97. The first-order valence-electron chi connectivity index (χ1n) is 9.27. The van der Waals surface area contributed by atoms with E-state index < -0.39 is 6.34 Å². The summed E-state index contributed by atoms with van der Waals surface area (Å²) in [6, 6.07) is 8.47. The summed E-state index contributed by atoms with van der Waals surface area (Å²) in [5.74, 6) is 1.14. The van der Waals surface area contributed by atoms with Crippen molar-refractivity contribution in [3.05, 3.63) is 41.3 Å². The number of fused-ring (bicyclic) bond motifs is 1. The van der Waals surface area contributed by atoms with Gasteiger partial charge in [-0.25, -0.2) is 14.1 Å². The third-order valence-corrected chi connectivity index (χ3v) is 10.4. The molecule has 1 aliphatic heterocycles. The summed E-state index contributed by atoms with van der Waals surface area (Å²) in [4.78, 5) is 4.89. The van der Waals surface area contributed by atoms with Gasteiger partial charge in [0.25, 0.3) is 0 Å². The van der Waals surface area contributed by atoms with Gasteiger partial charge in [0.05, 0.1) is 30.0 Å². The number of nitriles is 1. The minimum atomic E-state index is -2.38. The summed E-state index contributed by atoms with van der Waals surface area (Å²) in [5, 5.41) is 14.7. The number of benzene rings is 1. The molecule has 1 aromatic carbocycles. The van der Waals surface area contributed by atoms with Crippen molar-refractivity contribution in [1.82, 2.24) is 19.1 Å². The summed E-state index contributed by atoms with van der Waals surface area (Å²) >= 11 is 6.36. The molecule has 148 valence electrons. The van der Waals surface area contributed by atoms with Crippen molar-refractivity contribution < 1.29 is 4.39 Å². The van der Waals surface area contributed by atoms with Gasteiger partial charge in [0.1, 0.15) is 18.0 Å². The molecule has 1 unspecified atom stereocenters. The number of hydrogen-bond donors (Lipinski definition) is 0. The van der Waals surface area contributed by atoms with Gasteiger partial charge >= 0.3 is 0 Å². The molecule has 28 heavy (non-hydrogen) atoms. The van der Waals surface area contributed by atoms with E-state index in [0.717, 1.165) is 35.5 Å². The molecule has 0 amide bonds. The summed E-state index contributed by atoms with van der Waals surface area (Å²) in [6.07, 6.45) is -2.03. The molecule has 0 N–H and O–H groups in total. The molecular weight excluding hydrogens is 394 g/mol. The molecule has 2 heterocycles. The fourth-order valence-corrected chi connectivity index (χ4v) is 8.17. The number of aliphatic imine (C=N–C) groups is 1. The van der Waals surface area contributed by atoms with Crippen molar-refractivity contribution >= 4 is 35.1 Å². The molecule has 1 aliphatic rings. The van der Waals surface area contributed by atoms with Gasteiger partial charge in [-0.2, -0.15) is 10.4 Å². The first kappa shape index (κ1) is 20.7. The Kier molecular flexibility index (Phi) is 5.99. The van der Waals surface area contributed by atoms with Crippen molar-refractivity contribution in [3.63, 3.8) is 0 Å². The molecule has 0 aliphatic carbocycles. The zero-order chi connectivity index (χ0) is 20.5. The van der Waals surface area contributed by atoms with E-state index in [0.29, 0.717) is 18.8 Å². The van der Waals surface area contributed by atoms with E-state index in [1.165, 1.54) is 12.1 Å². The molecule has 6 nitrogen and oxygen atoms in total. The molecule has 0 fully saturated rings. The second-order valence-corrected chi connectivity index (χ2v) is 10.8. The Morgan fingerprint density at radius 2 is 1.89 bits per heavy atom. The first-order chi connectivity index (χ1) is 13.4. The summed E-state index contributed by atoms with van der Waals surface area (Å²) in [5.41, 5.74) is 1.67. The fourth-order valence-electron chi connectivity index (χ4n) is 3.56. The van der Waals surface area contributed by atoms with Crippen LogP contribution in [0.25, 0.3) is 0 Å². The van der Waals surface area contributed by atoms with Crippen molar-refractivity contribution in [2.75, 3.05) is 20.1 Å². The molecule has 9 heteroatoms. The number of aryl methyl sites for hydroxylation is 2. The quantitative estimate of drug-likeness (QED) is 0.672. The Balaban J connectivity index is 2.28. The number of hydrogen-bond acceptors (Lipinski definition) is 4. The monoisotopic (exact) mass is 418 g/mol. The van der Waals surface area contributed by atoms with E-state index in [2.05, 4.69) is 34.4 Å². The second-order valence-electron chi connectivity index (χ2n) is 6.54. The van der Waals surface area contributed by atoms with Crippen LogP contribution in [0.4, 0.5) is 10.2 Å². The van der Waals surface area contributed by atoms with E-state index in [-0.39, 0.29) is 5.82 Å². The molecule has 3 rings (SSSR count). The van der Waals surface area contributed by atoms with Gasteiger partial charge < -0.3 is 4.67 Å². The predicted molar refractivity (Wildman–Crippen MR) is 114 cm³/mol. The Bertz CT molecular complexity index is 987. The van der Waals surface area contributed by atoms with Crippen molar-refractivity contribution in [1.29, 1.82) is 5.26 Å². The van der Waals surface area contributed by atoms with Gasteiger partial charge in [0.15, 0.2) is 5.82 Å². The molecule has 1 aromatic heterocycles. The van der Waals surface area contributed by atoms with Crippen LogP contribution in [0.3, 0.4) is 0 Å². The van der Waals surface area contributed by atoms with E-state index >= 15 is 0 Å². The molecule has 0 bridgehead atoms. The fraction of sp³-hybridized carbons (Fsp3) is 0.421. The maximum atomic E-state index is 13.5. The van der Waals surface area contributed by atoms with E-state index in [1.807, 2.05) is 14.0 Å². The van der Waals surface area contributed by atoms with Crippen LogP contribution in [0.1, 0.15) is 31.5 Å². The predicted octanol–water partition coefficient (Wildman–Crippen LogP) is 3.54. The van der Waals surface area contributed by atoms with Crippen LogP contribution in [-0.2, 0) is 18.4 Å². The smallest absolute Gasteiger partial charge is 0.164 e. The highest BCUT2D eigenvalue weighted by Gasteiger charge is 2.42. The highest BCUT2D eigenvalue weighted by molar-refractivity contribution is 8.16. The summed E-state index contributed by atoms with van der Waals surface area (Å²) in [6.45, 7) is 8.23. The largest absolute Gasteiger partial charge is 0.316 e. The normalized spacial score (nSPS) is 18.8. The van der Waals surface area contributed by atoms with Gasteiger partial charge in [0.2, 0.25) is 0 Å². The minimum absolute atomic E-state index is 0.290. The maximum Gasteiger partial charge on any atom is 0.164 e. The van der Waals surface area contributed by atoms with Gasteiger partial charge in [-0.1, -0.05) is 25.7 Å². The van der Waals surface area contributed by atoms with E-state index in [4.69, 9.17) is 22.1 Å². The van der Waals surface area contributed by atoms with Crippen LogP contribution in [-0.4, -0.2) is 45.1 Å². The van der Waals surface area contributed by atoms with Gasteiger partial charge in [-0.05, 0) is 31.2 Å². The van der Waals surface area contributed by atoms with Crippen molar-refractivity contribution in [2.45, 2.75) is 33.7 Å². The van der Waals surface area contributed by atoms with Gasteiger partial charge in [-0.3, -0.25) is 4.67 Å². The van der Waals surface area contributed by atoms with E-state index in [9.17, 15) is 4.39 Å². The molecule has 0 saturated heterocycles. The van der Waals surface area contributed by atoms with Crippen LogP contribution < -0.4 is 5.30 Å². The zero-order valence-corrected chi connectivity index (χ0v) is 18.3. The third-order valence-electron chi connectivity index (χ3n) is 4.94. The van der Waals surface area contributed by atoms with Crippen LogP contribution in [0.2, 0.25) is 0 Å². The number of halogens is 1. The van der Waals surface area contributed by atoms with Gasteiger partial charge in [0, 0.05) is 25.7 Å². The lowest BCUT2D eigenvalue weighted by atomic mass is 10.2. The third kappa shape index (κ3) is 3.28. The molecule has 0 saturated carbocycles. The van der Waals surface area contributed by atoms with Crippen LogP contribution >= 0.6 is 6.34 Å². The zero-order valence-electron chi connectivity index (χ0n) is 16.6. The highest BCUT2D eigenvalue weighted by Crippen LogP contribution is 2.57. The first-order valence-corrected chi connectivity index (χ1v) is 12.0. The topological polar surface area (TPSA) is 60.5 Å². The average molecular weight is 418 g/mol. The highest BCUT2D eigenvalue weighted by atomic mass is 32.4. The lowest BCUT2D eigenvalue weighted by Gasteiger charge is -2.43. The molecule has 2 aromatic rings. The molecule has 0 radical (unpaired) electrons. The Hall–Kier alpha value is -2.07. The Morgan fingerprint density at radius 1 is 1.25 bits per heavy atom. The average Bonchev–Trinajstić information content (AvgIpc) is 3.00. The van der Waals surface area contributed by atoms with Crippen LogP contribution in [0.5, 0.6) is 0 Å². The van der Waals surface area contributed by atoms with Crippen molar-refractivity contribution in [2.24, 2.45) is 4.99 Å². The van der Waals surface area contributed by atoms with Gasteiger partial charge in [-0.15, -0.1) is 0 Å². The summed E-state index contributed by atoms with van der Waals surface area (Å²) < 4.78 is 19.6. The minimum Gasteiger partial charge on any atom is -0.316 e. The molecule has 0 spiro atoms. The maximum absolute atomic E-state index is 13.5. The number of rotatable bonds is 6.